The standard InChI is InChI=1S/C13H16N2O3S2/c1-9-5-6-19-13(9)8-15-20(16,17)10-3-4-12(18-2)11(14)7-10/h3-7,15H,8,14H2,1-2H3. The smallest absolute Gasteiger partial charge is 0.240 e. The summed E-state index contributed by atoms with van der Waals surface area (Å²) in [6.07, 6.45) is 0. The lowest BCUT2D eigenvalue weighted by Crippen LogP contribution is -2.23. The van der Waals surface area contributed by atoms with E-state index in [4.69, 9.17) is 10.5 Å². The average molecular weight is 312 g/mol. The number of thiophene rings is 1. The first-order chi connectivity index (χ1) is 9.44. The van der Waals surface area contributed by atoms with Crippen molar-refractivity contribution in [2.45, 2.75) is 18.4 Å². The van der Waals surface area contributed by atoms with Crippen molar-refractivity contribution in [1.82, 2.24) is 4.72 Å². The van der Waals surface area contributed by atoms with Crippen LogP contribution in [0.15, 0.2) is 34.5 Å². The summed E-state index contributed by atoms with van der Waals surface area (Å²) in [5.74, 6) is 0.457. The van der Waals surface area contributed by atoms with Crippen molar-refractivity contribution in [2.75, 3.05) is 12.8 Å². The Morgan fingerprint density at radius 1 is 1.35 bits per heavy atom. The number of aryl methyl sites for hydroxylation is 1. The molecule has 7 heteroatoms. The van der Waals surface area contributed by atoms with Crippen molar-refractivity contribution in [3.8, 4) is 5.75 Å². The van der Waals surface area contributed by atoms with E-state index in [1.54, 1.807) is 6.07 Å². The number of methoxy groups -OCH3 is 1. The lowest BCUT2D eigenvalue weighted by molar-refractivity contribution is 0.416. The van der Waals surface area contributed by atoms with Crippen LogP contribution < -0.4 is 15.2 Å². The number of ether oxygens (including phenoxy) is 1. The molecule has 0 aliphatic heterocycles. The van der Waals surface area contributed by atoms with Gasteiger partial charge < -0.3 is 10.5 Å². The molecular formula is C13H16N2O3S2. The molecule has 3 N–H and O–H groups in total. The van der Waals surface area contributed by atoms with Gasteiger partial charge in [-0.15, -0.1) is 11.3 Å². The Morgan fingerprint density at radius 3 is 2.65 bits per heavy atom. The van der Waals surface area contributed by atoms with Crippen molar-refractivity contribution < 1.29 is 13.2 Å². The van der Waals surface area contributed by atoms with E-state index in [2.05, 4.69) is 4.72 Å². The zero-order chi connectivity index (χ0) is 14.8. The Balaban J connectivity index is 2.18. The second kappa shape index (κ2) is 5.82. The third-order valence-corrected chi connectivity index (χ3v) is 5.32. The molecule has 0 spiro atoms. The molecule has 1 aromatic carbocycles. The Labute approximate surface area is 122 Å². The van der Waals surface area contributed by atoms with Gasteiger partial charge >= 0.3 is 0 Å². The molecule has 5 nitrogen and oxygen atoms in total. The van der Waals surface area contributed by atoms with Gasteiger partial charge in [0.25, 0.3) is 0 Å². The maximum absolute atomic E-state index is 12.2. The highest BCUT2D eigenvalue weighted by molar-refractivity contribution is 7.89. The number of hydrogen-bond acceptors (Lipinski definition) is 5. The number of nitrogens with one attached hydrogen (secondary N) is 1. The molecule has 0 fully saturated rings. The maximum atomic E-state index is 12.2. The molecule has 0 saturated carbocycles. The highest BCUT2D eigenvalue weighted by atomic mass is 32.2. The summed E-state index contributed by atoms with van der Waals surface area (Å²) >= 11 is 1.52. The van der Waals surface area contributed by atoms with Gasteiger partial charge in [-0.1, -0.05) is 0 Å². The summed E-state index contributed by atoms with van der Waals surface area (Å²) < 4.78 is 32.0. The number of hydrogen-bond donors (Lipinski definition) is 2. The summed E-state index contributed by atoms with van der Waals surface area (Å²) in [5.41, 5.74) is 7.10. The van der Waals surface area contributed by atoms with Gasteiger partial charge in [0.1, 0.15) is 5.75 Å². The van der Waals surface area contributed by atoms with E-state index >= 15 is 0 Å². The highest BCUT2D eigenvalue weighted by Gasteiger charge is 2.16. The topological polar surface area (TPSA) is 81.4 Å². The number of nitrogen functional groups attached to an aromatic ring is 1. The molecule has 1 aromatic heterocycles. The number of anilines is 1. The lowest BCUT2D eigenvalue weighted by Gasteiger charge is -2.09. The first kappa shape index (κ1) is 14.8. The predicted octanol–water partition coefficient (Wildman–Crippen LogP) is 2.13. The van der Waals surface area contributed by atoms with Crippen molar-refractivity contribution in [3.63, 3.8) is 0 Å². The average Bonchev–Trinajstić information content (AvgIpc) is 2.82. The van der Waals surface area contributed by atoms with Crippen LogP contribution in [0.3, 0.4) is 0 Å². The summed E-state index contributed by atoms with van der Waals surface area (Å²) in [4.78, 5) is 1.13. The minimum absolute atomic E-state index is 0.130. The van der Waals surface area contributed by atoms with Gasteiger partial charge in [-0.3, -0.25) is 0 Å². The van der Waals surface area contributed by atoms with Gasteiger partial charge in [0.2, 0.25) is 10.0 Å². The van der Waals surface area contributed by atoms with Crippen LogP contribution in [0, 0.1) is 6.92 Å². The van der Waals surface area contributed by atoms with Crippen LogP contribution in [0.5, 0.6) is 5.75 Å². The van der Waals surface area contributed by atoms with Gasteiger partial charge in [-0.25, -0.2) is 13.1 Å². The molecule has 20 heavy (non-hydrogen) atoms. The molecule has 0 radical (unpaired) electrons. The molecule has 2 aromatic rings. The van der Waals surface area contributed by atoms with Crippen LogP contribution >= 0.6 is 11.3 Å². The Morgan fingerprint density at radius 2 is 2.10 bits per heavy atom. The second-order valence-corrected chi connectivity index (χ2v) is 7.02. The molecule has 108 valence electrons. The van der Waals surface area contributed by atoms with E-state index in [0.717, 1.165) is 10.4 Å². The van der Waals surface area contributed by atoms with Crippen molar-refractivity contribution >= 4 is 27.0 Å². The van der Waals surface area contributed by atoms with Gasteiger partial charge in [-0.05, 0) is 42.1 Å². The minimum Gasteiger partial charge on any atom is -0.495 e. The summed E-state index contributed by atoms with van der Waals surface area (Å²) in [7, 11) is -2.10. The Hall–Kier alpha value is -1.57. The Bertz CT molecular complexity index is 708. The van der Waals surface area contributed by atoms with Crippen LogP contribution in [0.4, 0.5) is 5.69 Å². The van der Waals surface area contributed by atoms with E-state index < -0.39 is 10.0 Å². The zero-order valence-electron chi connectivity index (χ0n) is 11.2. The van der Waals surface area contributed by atoms with Crippen LogP contribution in [-0.4, -0.2) is 15.5 Å². The minimum atomic E-state index is -3.58. The fourth-order valence-electron chi connectivity index (χ4n) is 1.71. The van der Waals surface area contributed by atoms with E-state index in [1.165, 1.54) is 30.6 Å². The zero-order valence-corrected chi connectivity index (χ0v) is 12.8. The monoisotopic (exact) mass is 312 g/mol. The SMILES string of the molecule is COc1ccc(S(=O)(=O)NCc2sccc2C)cc1N. The molecule has 0 saturated heterocycles. The van der Waals surface area contributed by atoms with Gasteiger partial charge in [-0.2, -0.15) is 0 Å². The Kier molecular flexibility index (Phi) is 4.32. The summed E-state index contributed by atoms with van der Waals surface area (Å²) in [6, 6.07) is 6.36. The summed E-state index contributed by atoms with van der Waals surface area (Å²) in [6.45, 7) is 2.23. The van der Waals surface area contributed by atoms with Crippen LogP contribution in [0.25, 0.3) is 0 Å². The molecule has 0 amide bonds. The van der Waals surface area contributed by atoms with Gasteiger partial charge in [0.15, 0.2) is 0 Å². The van der Waals surface area contributed by atoms with Crippen LogP contribution in [0.1, 0.15) is 10.4 Å². The lowest BCUT2D eigenvalue weighted by atomic mass is 10.3. The normalized spacial score (nSPS) is 11.5. The molecular weight excluding hydrogens is 296 g/mol. The van der Waals surface area contributed by atoms with E-state index in [-0.39, 0.29) is 11.4 Å². The number of rotatable bonds is 5. The second-order valence-electron chi connectivity index (χ2n) is 4.26. The van der Waals surface area contributed by atoms with E-state index in [1.807, 2.05) is 18.4 Å². The van der Waals surface area contributed by atoms with E-state index in [0.29, 0.717) is 11.4 Å². The number of sulfonamides is 1. The number of nitrogens with two attached hydrogens (primary N) is 1. The fourth-order valence-corrected chi connectivity index (χ4v) is 3.68. The van der Waals surface area contributed by atoms with Crippen molar-refractivity contribution in [3.05, 3.63) is 40.1 Å². The highest BCUT2D eigenvalue weighted by Crippen LogP contribution is 2.24. The van der Waals surface area contributed by atoms with Crippen LogP contribution in [-0.2, 0) is 16.6 Å². The van der Waals surface area contributed by atoms with Gasteiger partial charge in [0.05, 0.1) is 17.7 Å². The van der Waals surface area contributed by atoms with Gasteiger partial charge in [0, 0.05) is 11.4 Å². The van der Waals surface area contributed by atoms with Crippen molar-refractivity contribution in [2.24, 2.45) is 0 Å². The molecule has 0 atom stereocenters. The van der Waals surface area contributed by atoms with Crippen LogP contribution in [0.2, 0.25) is 0 Å². The third-order valence-electron chi connectivity index (χ3n) is 2.90. The predicted molar refractivity (Wildman–Crippen MR) is 80.5 cm³/mol. The molecule has 0 bridgehead atoms. The molecule has 0 unspecified atom stereocenters. The molecule has 2 rings (SSSR count). The maximum Gasteiger partial charge on any atom is 0.240 e. The van der Waals surface area contributed by atoms with Crippen molar-refractivity contribution in [1.29, 1.82) is 0 Å². The summed E-state index contributed by atoms with van der Waals surface area (Å²) in [5, 5.41) is 1.93. The first-order valence-corrected chi connectivity index (χ1v) is 8.26. The molecule has 0 aliphatic carbocycles. The number of benzene rings is 1. The van der Waals surface area contributed by atoms with E-state index in [9.17, 15) is 8.42 Å². The largest absolute Gasteiger partial charge is 0.495 e. The quantitative estimate of drug-likeness (QED) is 0.829. The molecule has 0 aliphatic rings. The first-order valence-electron chi connectivity index (χ1n) is 5.90. The third kappa shape index (κ3) is 3.12. The fraction of sp³-hybridized carbons (Fsp3) is 0.231. The molecule has 1 heterocycles.